The molecule has 3 atom stereocenters. The van der Waals surface area contributed by atoms with Crippen molar-refractivity contribution >= 4 is 11.9 Å². The molecule has 0 aromatic carbocycles. The molecular formula is C14H26N6O. The summed E-state index contributed by atoms with van der Waals surface area (Å²) >= 11 is 0. The molecule has 21 heavy (non-hydrogen) atoms. The van der Waals surface area contributed by atoms with E-state index in [0.717, 1.165) is 18.8 Å². The fourth-order valence-electron chi connectivity index (χ4n) is 2.94. The van der Waals surface area contributed by atoms with Crippen LogP contribution in [0.15, 0.2) is 0 Å². The van der Waals surface area contributed by atoms with Gasteiger partial charge in [0.25, 0.3) is 0 Å². The zero-order valence-corrected chi connectivity index (χ0v) is 13.1. The van der Waals surface area contributed by atoms with Gasteiger partial charge in [0.1, 0.15) is 0 Å². The molecule has 0 bridgehead atoms. The summed E-state index contributed by atoms with van der Waals surface area (Å²) in [5.41, 5.74) is 2.46. The molecule has 118 valence electrons. The van der Waals surface area contributed by atoms with Crippen molar-refractivity contribution in [2.45, 2.75) is 52.5 Å². The minimum Gasteiger partial charge on any atom is -0.463 e. The number of nitrogens with zero attached hydrogens (tertiary/aromatic N) is 3. The molecule has 0 aliphatic heterocycles. The van der Waals surface area contributed by atoms with Crippen molar-refractivity contribution in [3.05, 3.63) is 0 Å². The maximum atomic E-state index is 5.47. The maximum absolute atomic E-state index is 5.47. The molecule has 1 aliphatic rings. The van der Waals surface area contributed by atoms with Crippen molar-refractivity contribution < 1.29 is 4.74 Å². The van der Waals surface area contributed by atoms with Crippen LogP contribution in [-0.2, 0) is 0 Å². The summed E-state index contributed by atoms with van der Waals surface area (Å²) in [5, 5.41) is 3.41. The van der Waals surface area contributed by atoms with Crippen molar-refractivity contribution in [3.8, 4) is 6.01 Å². The highest BCUT2D eigenvalue weighted by Gasteiger charge is 2.32. The number of nitrogen functional groups attached to an aromatic ring is 1. The minimum atomic E-state index is 0.306. The first-order chi connectivity index (χ1) is 10.2. The summed E-state index contributed by atoms with van der Waals surface area (Å²) in [6.07, 6.45) is 4.51. The number of aromatic nitrogens is 3. The summed E-state index contributed by atoms with van der Waals surface area (Å²) in [5.74, 6) is 7.63. The minimum absolute atomic E-state index is 0.306. The molecule has 3 unspecified atom stereocenters. The van der Waals surface area contributed by atoms with Crippen molar-refractivity contribution in [1.29, 1.82) is 0 Å². The SMILES string of the molecule is CCCOc1nc(NN)nc(NC2CCC(CC)C2C)n1. The van der Waals surface area contributed by atoms with Gasteiger partial charge in [0.2, 0.25) is 11.9 Å². The fourth-order valence-corrected chi connectivity index (χ4v) is 2.94. The Morgan fingerprint density at radius 2 is 1.95 bits per heavy atom. The third-order valence-corrected chi connectivity index (χ3v) is 4.24. The monoisotopic (exact) mass is 294 g/mol. The molecule has 7 heteroatoms. The first kappa shape index (κ1) is 15.8. The van der Waals surface area contributed by atoms with Crippen LogP contribution in [0.4, 0.5) is 11.9 Å². The lowest BCUT2D eigenvalue weighted by atomic mass is 9.94. The molecule has 1 aliphatic carbocycles. The summed E-state index contributed by atoms with van der Waals surface area (Å²) in [6, 6.07) is 0.696. The van der Waals surface area contributed by atoms with E-state index in [4.69, 9.17) is 10.6 Å². The van der Waals surface area contributed by atoms with Gasteiger partial charge in [-0.3, -0.25) is 5.43 Å². The number of nitrogens with two attached hydrogens (primary N) is 1. The number of hydrogen-bond donors (Lipinski definition) is 3. The lowest BCUT2D eigenvalue weighted by Gasteiger charge is -2.21. The van der Waals surface area contributed by atoms with Crippen molar-refractivity contribution in [2.24, 2.45) is 17.7 Å². The molecule has 0 spiro atoms. The summed E-state index contributed by atoms with van der Waals surface area (Å²) in [6.45, 7) is 7.15. The van der Waals surface area contributed by atoms with E-state index in [1.165, 1.54) is 12.8 Å². The van der Waals surface area contributed by atoms with Gasteiger partial charge in [-0.2, -0.15) is 15.0 Å². The quantitative estimate of drug-likeness (QED) is 0.523. The molecule has 1 fully saturated rings. The Balaban J connectivity index is 2.08. The molecule has 1 aromatic heterocycles. The molecule has 1 heterocycles. The molecular weight excluding hydrogens is 268 g/mol. The second-order valence-electron chi connectivity index (χ2n) is 5.61. The van der Waals surface area contributed by atoms with Gasteiger partial charge in [-0.1, -0.05) is 27.2 Å². The Bertz CT molecular complexity index is 455. The van der Waals surface area contributed by atoms with Crippen LogP contribution in [0.3, 0.4) is 0 Å². The van der Waals surface area contributed by atoms with Crippen LogP contribution in [0.1, 0.15) is 46.5 Å². The van der Waals surface area contributed by atoms with Gasteiger partial charge in [0, 0.05) is 6.04 Å². The molecule has 0 radical (unpaired) electrons. The lowest BCUT2D eigenvalue weighted by Crippen LogP contribution is -2.26. The molecule has 1 aromatic rings. The number of nitrogens with one attached hydrogen (secondary N) is 2. The van der Waals surface area contributed by atoms with Crippen molar-refractivity contribution in [3.63, 3.8) is 0 Å². The highest BCUT2D eigenvalue weighted by atomic mass is 16.5. The zero-order valence-electron chi connectivity index (χ0n) is 13.1. The number of hydrazine groups is 1. The molecule has 2 rings (SSSR count). The van der Waals surface area contributed by atoms with E-state index in [0.29, 0.717) is 36.5 Å². The topological polar surface area (TPSA) is 98.0 Å². The van der Waals surface area contributed by atoms with Crippen LogP contribution in [0.2, 0.25) is 0 Å². The first-order valence-electron chi connectivity index (χ1n) is 7.79. The van der Waals surface area contributed by atoms with E-state index in [2.05, 4.69) is 39.5 Å². The second kappa shape index (κ2) is 7.40. The molecule has 7 nitrogen and oxygen atoms in total. The number of anilines is 2. The maximum Gasteiger partial charge on any atom is 0.323 e. The van der Waals surface area contributed by atoms with E-state index in [9.17, 15) is 0 Å². The normalized spacial score (nSPS) is 24.9. The van der Waals surface area contributed by atoms with Crippen LogP contribution in [0.5, 0.6) is 6.01 Å². The van der Waals surface area contributed by atoms with Crippen LogP contribution in [-0.4, -0.2) is 27.6 Å². The Labute approximate surface area is 126 Å². The van der Waals surface area contributed by atoms with E-state index >= 15 is 0 Å². The van der Waals surface area contributed by atoms with Gasteiger partial charge >= 0.3 is 6.01 Å². The Morgan fingerprint density at radius 1 is 1.19 bits per heavy atom. The third kappa shape index (κ3) is 3.93. The van der Waals surface area contributed by atoms with Gasteiger partial charge < -0.3 is 10.1 Å². The zero-order chi connectivity index (χ0) is 15.2. The van der Waals surface area contributed by atoms with E-state index < -0.39 is 0 Å². The van der Waals surface area contributed by atoms with Gasteiger partial charge in [0.15, 0.2) is 0 Å². The van der Waals surface area contributed by atoms with E-state index in [-0.39, 0.29) is 0 Å². The smallest absolute Gasteiger partial charge is 0.323 e. The Hall–Kier alpha value is -1.63. The number of hydrogen-bond acceptors (Lipinski definition) is 7. The van der Waals surface area contributed by atoms with Crippen LogP contribution >= 0.6 is 0 Å². The lowest BCUT2D eigenvalue weighted by molar-refractivity contribution is 0.292. The fraction of sp³-hybridized carbons (Fsp3) is 0.786. The molecule has 4 N–H and O–H groups in total. The van der Waals surface area contributed by atoms with Crippen LogP contribution in [0, 0.1) is 11.8 Å². The highest BCUT2D eigenvalue weighted by Crippen LogP contribution is 2.35. The average molecular weight is 294 g/mol. The van der Waals surface area contributed by atoms with Crippen molar-refractivity contribution in [2.75, 3.05) is 17.3 Å². The van der Waals surface area contributed by atoms with Gasteiger partial charge in [0.05, 0.1) is 6.61 Å². The Kier molecular flexibility index (Phi) is 5.55. The van der Waals surface area contributed by atoms with Gasteiger partial charge in [-0.25, -0.2) is 5.84 Å². The summed E-state index contributed by atoms with van der Waals surface area (Å²) < 4.78 is 5.47. The predicted molar refractivity (Wildman–Crippen MR) is 83.0 cm³/mol. The van der Waals surface area contributed by atoms with E-state index in [1.807, 2.05) is 6.92 Å². The van der Waals surface area contributed by atoms with Crippen LogP contribution in [0.25, 0.3) is 0 Å². The van der Waals surface area contributed by atoms with Gasteiger partial charge in [-0.15, -0.1) is 0 Å². The average Bonchev–Trinajstić information content (AvgIpc) is 2.85. The number of ether oxygens (including phenoxy) is 1. The van der Waals surface area contributed by atoms with Gasteiger partial charge in [-0.05, 0) is 31.1 Å². The number of rotatable bonds is 7. The van der Waals surface area contributed by atoms with Crippen LogP contribution < -0.4 is 21.3 Å². The third-order valence-electron chi connectivity index (χ3n) is 4.24. The first-order valence-corrected chi connectivity index (χ1v) is 7.79. The standard InChI is InChI=1S/C14H26N6O/c1-4-8-21-14-18-12(17-13(19-14)20-15)16-11-7-6-10(5-2)9(11)3/h9-11H,4-8,15H2,1-3H3,(H2,16,17,18,19,20). The highest BCUT2D eigenvalue weighted by molar-refractivity contribution is 5.36. The molecule has 0 saturated heterocycles. The largest absolute Gasteiger partial charge is 0.463 e. The summed E-state index contributed by atoms with van der Waals surface area (Å²) in [4.78, 5) is 12.7. The summed E-state index contributed by atoms with van der Waals surface area (Å²) in [7, 11) is 0. The predicted octanol–water partition coefficient (Wildman–Crippen LogP) is 2.18. The van der Waals surface area contributed by atoms with Crippen molar-refractivity contribution in [1.82, 2.24) is 15.0 Å². The van der Waals surface area contributed by atoms with E-state index in [1.54, 1.807) is 0 Å². The second-order valence-corrected chi connectivity index (χ2v) is 5.61. The molecule has 1 saturated carbocycles. The Morgan fingerprint density at radius 3 is 2.57 bits per heavy atom. The molecule has 0 amide bonds.